The lowest BCUT2D eigenvalue weighted by molar-refractivity contribution is 0.0105. The zero-order valence-electron chi connectivity index (χ0n) is 14.9. The Balaban J connectivity index is 1.57. The fourth-order valence-electron chi connectivity index (χ4n) is 2.56. The minimum Gasteiger partial charge on any atom is -0.455 e. The fourth-order valence-corrected chi connectivity index (χ4v) is 2.56. The van der Waals surface area contributed by atoms with E-state index in [9.17, 15) is 4.79 Å². The number of likely N-dealkylation sites (tertiary alicyclic amines) is 1. The molecule has 1 aliphatic rings. The summed E-state index contributed by atoms with van der Waals surface area (Å²) in [6, 6.07) is 17.7. The second kappa shape index (κ2) is 7.05. The van der Waals surface area contributed by atoms with Crippen molar-refractivity contribution in [3.8, 4) is 11.5 Å². The van der Waals surface area contributed by atoms with Gasteiger partial charge in [0.25, 0.3) is 0 Å². The number of benzene rings is 2. The van der Waals surface area contributed by atoms with E-state index in [-0.39, 0.29) is 12.1 Å². The molecule has 3 rings (SSSR count). The predicted octanol–water partition coefficient (Wildman–Crippen LogP) is 4.51. The number of anilines is 1. The molecule has 5 heteroatoms. The number of carbonyl (C=O) groups is 1. The van der Waals surface area contributed by atoms with Crippen LogP contribution in [0.3, 0.4) is 0 Å². The molecule has 2 aromatic rings. The number of nitrogens with one attached hydrogen (secondary N) is 1. The molecule has 0 aromatic heterocycles. The maximum Gasteiger partial charge on any atom is 0.410 e. The Bertz CT molecular complexity index is 719. The molecule has 1 N–H and O–H groups in total. The molecule has 0 aliphatic carbocycles. The summed E-state index contributed by atoms with van der Waals surface area (Å²) in [7, 11) is 0. The molecule has 0 bridgehead atoms. The summed E-state index contributed by atoms with van der Waals surface area (Å²) in [5.41, 5.74) is 0.450. The quantitative estimate of drug-likeness (QED) is 0.890. The van der Waals surface area contributed by atoms with E-state index in [0.717, 1.165) is 17.2 Å². The molecule has 1 heterocycles. The standard InChI is InChI=1S/C20H24N2O3/c1-20(2,3)25-19(23)22-13-15(14-22)21-17-11-7-8-12-18(17)24-16-9-5-4-6-10-16/h4-12,15,21H,13-14H2,1-3H3. The van der Waals surface area contributed by atoms with Gasteiger partial charge in [-0.2, -0.15) is 0 Å². The maximum absolute atomic E-state index is 12.0. The Kier molecular flexibility index (Phi) is 4.83. The third kappa shape index (κ3) is 4.66. The first-order valence-electron chi connectivity index (χ1n) is 8.47. The van der Waals surface area contributed by atoms with Crippen molar-refractivity contribution in [1.29, 1.82) is 0 Å². The molecule has 25 heavy (non-hydrogen) atoms. The van der Waals surface area contributed by atoms with Crippen LogP contribution in [-0.4, -0.2) is 35.7 Å². The SMILES string of the molecule is CC(C)(C)OC(=O)N1CC(Nc2ccccc2Oc2ccccc2)C1. The topological polar surface area (TPSA) is 50.8 Å². The Labute approximate surface area is 148 Å². The van der Waals surface area contributed by atoms with Gasteiger partial charge in [-0.25, -0.2) is 4.79 Å². The summed E-state index contributed by atoms with van der Waals surface area (Å²) in [5.74, 6) is 1.56. The van der Waals surface area contributed by atoms with Gasteiger partial charge in [-0.3, -0.25) is 0 Å². The van der Waals surface area contributed by atoms with Gasteiger partial charge in [0, 0.05) is 13.1 Å². The van der Waals surface area contributed by atoms with Crippen LogP contribution in [0.1, 0.15) is 20.8 Å². The Morgan fingerprint density at radius 1 is 1.04 bits per heavy atom. The number of hydrogen-bond donors (Lipinski definition) is 1. The van der Waals surface area contributed by atoms with Crippen molar-refractivity contribution in [1.82, 2.24) is 4.90 Å². The Morgan fingerprint density at radius 2 is 1.68 bits per heavy atom. The van der Waals surface area contributed by atoms with Crippen LogP contribution in [0.4, 0.5) is 10.5 Å². The number of hydrogen-bond acceptors (Lipinski definition) is 4. The molecule has 1 fully saturated rings. The maximum atomic E-state index is 12.0. The number of rotatable bonds is 4. The van der Waals surface area contributed by atoms with Gasteiger partial charge in [0.1, 0.15) is 11.4 Å². The van der Waals surface area contributed by atoms with Crippen molar-refractivity contribution in [3.63, 3.8) is 0 Å². The molecule has 0 spiro atoms. The molecular formula is C20H24N2O3. The van der Waals surface area contributed by atoms with Gasteiger partial charge in [0.2, 0.25) is 0 Å². The Hall–Kier alpha value is -2.69. The third-order valence-electron chi connectivity index (χ3n) is 3.75. The van der Waals surface area contributed by atoms with Crippen LogP contribution in [0.15, 0.2) is 54.6 Å². The molecule has 1 amide bonds. The molecule has 132 valence electrons. The van der Waals surface area contributed by atoms with E-state index in [4.69, 9.17) is 9.47 Å². The highest BCUT2D eigenvalue weighted by Gasteiger charge is 2.33. The summed E-state index contributed by atoms with van der Waals surface area (Å²) >= 11 is 0. The highest BCUT2D eigenvalue weighted by molar-refractivity contribution is 5.70. The zero-order chi connectivity index (χ0) is 17.9. The van der Waals surface area contributed by atoms with E-state index in [0.29, 0.717) is 13.1 Å². The number of ether oxygens (including phenoxy) is 2. The first-order valence-corrected chi connectivity index (χ1v) is 8.47. The lowest BCUT2D eigenvalue weighted by Crippen LogP contribution is -2.57. The molecule has 0 atom stereocenters. The molecular weight excluding hydrogens is 316 g/mol. The van der Waals surface area contributed by atoms with Gasteiger partial charge < -0.3 is 19.7 Å². The van der Waals surface area contributed by atoms with Crippen molar-refractivity contribution in [2.45, 2.75) is 32.4 Å². The van der Waals surface area contributed by atoms with E-state index in [1.54, 1.807) is 4.90 Å². The summed E-state index contributed by atoms with van der Waals surface area (Å²) in [6.45, 7) is 6.86. The third-order valence-corrected chi connectivity index (χ3v) is 3.75. The molecule has 5 nitrogen and oxygen atoms in total. The minimum atomic E-state index is -0.467. The van der Waals surface area contributed by atoms with Crippen LogP contribution >= 0.6 is 0 Å². The second-order valence-corrected chi connectivity index (χ2v) is 7.14. The van der Waals surface area contributed by atoms with Crippen molar-refractivity contribution >= 4 is 11.8 Å². The van der Waals surface area contributed by atoms with Crippen LogP contribution < -0.4 is 10.1 Å². The van der Waals surface area contributed by atoms with Gasteiger partial charge >= 0.3 is 6.09 Å². The molecule has 0 radical (unpaired) electrons. The van der Waals surface area contributed by atoms with E-state index in [1.165, 1.54) is 0 Å². The Morgan fingerprint density at radius 3 is 2.36 bits per heavy atom. The number of carbonyl (C=O) groups excluding carboxylic acids is 1. The zero-order valence-corrected chi connectivity index (χ0v) is 14.9. The second-order valence-electron chi connectivity index (χ2n) is 7.14. The molecule has 1 saturated heterocycles. The molecule has 1 aliphatic heterocycles. The monoisotopic (exact) mass is 340 g/mol. The van der Waals surface area contributed by atoms with E-state index < -0.39 is 5.60 Å². The van der Waals surface area contributed by atoms with E-state index >= 15 is 0 Å². The van der Waals surface area contributed by atoms with E-state index in [1.807, 2.05) is 75.4 Å². The van der Waals surface area contributed by atoms with E-state index in [2.05, 4.69) is 5.32 Å². The summed E-state index contributed by atoms with van der Waals surface area (Å²) in [5, 5.41) is 3.44. The summed E-state index contributed by atoms with van der Waals surface area (Å²) in [6.07, 6.45) is -0.264. The number of nitrogens with zero attached hydrogens (tertiary/aromatic N) is 1. The lowest BCUT2D eigenvalue weighted by atomic mass is 10.1. The average molecular weight is 340 g/mol. The molecule has 0 saturated carbocycles. The summed E-state index contributed by atoms with van der Waals surface area (Å²) < 4.78 is 11.3. The van der Waals surface area contributed by atoms with Gasteiger partial charge in [-0.15, -0.1) is 0 Å². The molecule has 2 aromatic carbocycles. The van der Waals surface area contributed by atoms with Crippen LogP contribution in [0.5, 0.6) is 11.5 Å². The first kappa shape index (κ1) is 17.1. The first-order chi connectivity index (χ1) is 11.9. The fraction of sp³-hybridized carbons (Fsp3) is 0.350. The summed E-state index contributed by atoms with van der Waals surface area (Å²) in [4.78, 5) is 13.7. The predicted molar refractivity (Wildman–Crippen MR) is 98.2 cm³/mol. The van der Waals surface area contributed by atoms with Crippen molar-refractivity contribution in [2.75, 3.05) is 18.4 Å². The van der Waals surface area contributed by atoms with Gasteiger partial charge in [0.15, 0.2) is 5.75 Å². The number of amides is 1. The van der Waals surface area contributed by atoms with Gasteiger partial charge in [0.05, 0.1) is 11.7 Å². The normalized spacial score (nSPS) is 14.6. The van der Waals surface area contributed by atoms with Crippen LogP contribution in [0.2, 0.25) is 0 Å². The van der Waals surface area contributed by atoms with Crippen LogP contribution in [0, 0.1) is 0 Å². The van der Waals surface area contributed by atoms with Crippen molar-refractivity contribution in [3.05, 3.63) is 54.6 Å². The van der Waals surface area contributed by atoms with Gasteiger partial charge in [-0.05, 0) is 45.0 Å². The van der Waals surface area contributed by atoms with Crippen LogP contribution in [-0.2, 0) is 4.74 Å². The number of para-hydroxylation sites is 3. The molecule has 0 unspecified atom stereocenters. The van der Waals surface area contributed by atoms with Crippen molar-refractivity contribution in [2.24, 2.45) is 0 Å². The minimum absolute atomic E-state index is 0.188. The van der Waals surface area contributed by atoms with Crippen LogP contribution in [0.25, 0.3) is 0 Å². The smallest absolute Gasteiger partial charge is 0.410 e. The van der Waals surface area contributed by atoms with Crippen molar-refractivity contribution < 1.29 is 14.3 Å². The average Bonchev–Trinajstić information content (AvgIpc) is 2.51. The highest BCUT2D eigenvalue weighted by Crippen LogP contribution is 2.30. The van der Waals surface area contributed by atoms with Gasteiger partial charge in [-0.1, -0.05) is 30.3 Å². The lowest BCUT2D eigenvalue weighted by Gasteiger charge is -2.40. The highest BCUT2D eigenvalue weighted by atomic mass is 16.6. The largest absolute Gasteiger partial charge is 0.455 e.